The summed E-state index contributed by atoms with van der Waals surface area (Å²) >= 11 is 0. The van der Waals surface area contributed by atoms with Gasteiger partial charge in [0.05, 0.1) is 19.9 Å². The Balaban J connectivity index is 1.55. The summed E-state index contributed by atoms with van der Waals surface area (Å²) in [6, 6.07) is 12.7. The number of rotatable bonds is 7. The van der Waals surface area contributed by atoms with E-state index >= 15 is 0 Å². The third-order valence-electron chi connectivity index (χ3n) is 4.62. The number of carbonyl (C=O) groups is 1. The number of anilines is 5. The predicted molar refractivity (Wildman–Crippen MR) is 119 cm³/mol. The van der Waals surface area contributed by atoms with Crippen molar-refractivity contribution in [2.45, 2.75) is 6.61 Å². The zero-order chi connectivity index (χ0) is 21.8. The molecular weight excluding hydrogens is 397 g/mol. The quantitative estimate of drug-likeness (QED) is 0.342. The molecule has 1 aliphatic heterocycles. The Kier molecular flexibility index (Phi) is 5.83. The van der Waals surface area contributed by atoms with Crippen LogP contribution in [0, 0.1) is 0 Å². The van der Waals surface area contributed by atoms with Gasteiger partial charge in [0.2, 0.25) is 11.9 Å². The van der Waals surface area contributed by atoms with Gasteiger partial charge in [-0.05, 0) is 47.4 Å². The molecule has 0 spiro atoms. The van der Waals surface area contributed by atoms with Gasteiger partial charge in [-0.15, -0.1) is 0 Å². The molecule has 0 fully saturated rings. The van der Waals surface area contributed by atoms with Crippen molar-refractivity contribution in [3.63, 3.8) is 0 Å². The second-order valence-corrected chi connectivity index (χ2v) is 6.71. The van der Waals surface area contributed by atoms with Crippen molar-refractivity contribution >= 4 is 47.3 Å². The fourth-order valence-corrected chi connectivity index (χ4v) is 3.11. The molecule has 1 amide bonds. The molecule has 31 heavy (non-hydrogen) atoms. The molecule has 2 heterocycles. The first-order valence-electron chi connectivity index (χ1n) is 9.47. The van der Waals surface area contributed by atoms with Crippen LogP contribution in [0.3, 0.4) is 0 Å². The summed E-state index contributed by atoms with van der Waals surface area (Å²) in [7, 11) is 0.646. The van der Waals surface area contributed by atoms with Gasteiger partial charge in [0.15, 0.2) is 11.6 Å². The molecule has 0 radical (unpaired) electrons. The Hall–Kier alpha value is -3.89. The summed E-state index contributed by atoms with van der Waals surface area (Å²) in [6.07, 6.45) is 2.76. The van der Waals surface area contributed by atoms with E-state index in [2.05, 4.69) is 32.5 Å². The van der Waals surface area contributed by atoms with Gasteiger partial charge in [0.25, 0.3) is 0 Å². The lowest BCUT2D eigenvalue weighted by molar-refractivity contribution is -0.111. The molecule has 0 saturated carbocycles. The summed E-state index contributed by atoms with van der Waals surface area (Å²) < 4.78 is 10.6. The number of hydrogen-bond donors (Lipinski definition) is 4. The second-order valence-electron chi connectivity index (χ2n) is 6.71. The number of fused-ring (bicyclic) bond motifs is 1. The van der Waals surface area contributed by atoms with Crippen LogP contribution in [0.4, 0.5) is 28.8 Å². The molecule has 0 bridgehead atoms. The molecule has 9 nitrogen and oxygen atoms in total. The molecule has 156 valence electrons. The minimum absolute atomic E-state index is 0.296. The number of nitrogens with zero attached hydrogens (tertiary/aromatic N) is 2. The van der Waals surface area contributed by atoms with Gasteiger partial charge in [0, 0.05) is 17.1 Å². The van der Waals surface area contributed by atoms with Crippen molar-refractivity contribution < 1.29 is 19.2 Å². The fraction of sp³-hybridized carbons (Fsp3) is 0.0952. The van der Waals surface area contributed by atoms with Crippen molar-refractivity contribution in [2.75, 3.05) is 23.1 Å². The van der Waals surface area contributed by atoms with E-state index < -0.39 is 7.12 Å². The summed E-state index contributed by atoms with van der Waals surface area (Å²) in [6.45, 7) is 3.80. The average molecular weight is 417 g/mol. The van der Waals surface area contributed by atoms with E-state index in [1.165, 1.54) is 13.2 Å². The number of nitrogens with one attached hydrogen (secondary N) is 3. The summed E-state index contributed by atoms with van der Waals surface area (Å²) in [4.78, 5) is 20.3. The lowest BCUT2D eigenvalue weighted by atomic mass is 9.79. The lowest BCUT2D eigenvalue weighted by Crippen LogP contribution is -2.27. The van der Waals surface area contributed by atoms with E-state index in [4.69, 9.17) is 9.39 Å². The van der Waals surface area contributed by atoms with E-state index in [0.29, 0.717) is 35.5 Å². The molecule has 1 aromatic heterocycles. The van der Waals surface area contributed by atoms with Crippen molar-refractivity contribution in [3.8, 4) is 5.75 Å². The lowest BCUT2D eigenvalue weighted by Gasteiger charge is -2.13. The van der Waals surface area contributed by atoms with Crippen LogP contribution in [0.5, 0.6) is 5.75 Å². The van der Waals surface area contributed by atoms with Gasteiger partial charge in [-0.2, -0.15) is 4.98 Å². The molecule has 0 aliphatic carbocycles. The molecule has 4 rings (SSSR count). The number of carbonyl (C=O) groups excluding carboxylic acids is 1. The third-order valence-corrected chi connectivity index (χ3v) is 4.62. The third kappa shape index (κ3) is 4.66. The molecule has 2 aromatic carbocycles. The first kappa shape index (κ1) is 20.4. The van der Waals surface area contributed by atoms with E-state index in [0.717, 1.165) is 16.7 Å². The molecule has 0 saturated heterocycles. The highest BCUT2D eigenvalue weighted by Gasteiger charge is 2.27. The normalized spacial score (nSPS) is 12.1. The first-order valence-corrected chi connectivity index (χ1v) is 9.47. The number of amides is 1. The van der Waals surface area contributed by atoms with Crippen LogP contribution in [-0.2, 0) is 16.1 Å². The van der Waals surface area contributed by atoms with Gasteiger partial charge >= 0.3 is 7.12 Å². The SMILES string of the molecule is C=CC(=O)Nc1cccc(Nc2nc(Nc3ccc4c(c3)COB4O)ncc2OC)c1. The molecule has 0 unspecified atom stereocenters. The molecule has 3 aromatic rings. The zero-order valence-electron chi connectivity index (χ0n) is 16.8. The van der Waals surface area contributed by atoms with Crippen LogP contribution in [0.15, 0.2) is 61.3 Å². The minimum atomic E-state index is -0.885. The number of hydrogen-bond acceptors (Lipinski definition) is 8. The van der Waals surface area contributed by atoms with E-state index in [-0.39, 0.29) is 5.91 Å². The Morgan fingerprint density at radius 2 is 2.03 bits per heavy atom. The monoisotopic (exact) mass is 417 g/mol. The highest BCUT2D eigenvalue weighted by Crippen LogP contribution is 2.28. The van der Waals surface area contributed by atoms with Gasteiger partial charge in [0.1, 0.15) is 0 Å². The second kappa shape index (κ2) is 8.86. The zero-order valence-corrected chi connectivity index (χ0v) is 16.8. The summed E-state index contributed by atoms with van der Waals surface area (Å²) in [5.41, 5.74) is 3.74. The molecule has 4 N–H and O–H groups in total. The van der Waals surface area contributed by atoms with Crippen LogP contribution in [0.1, 0.15) is 5.56 Å². The average Bonchev–Trinajstić information content (AvgIpc) is 3.14. The van der Waals surface area contributed by atoms with E-state index in [1.807, 2.05) is 18.2 Å². The maximum atomic E-state index is 11.5. The summed E-state index contributed by atoms with van der Waals surface area (Å²) in [5, 5.41) is 18.8. The highest BCUT2D eigenvalue weighted by atomic mass is 16.5. The smallest absolute Gasteiger partial charge is 0.491 e. The maximum absolute atomic E-state index is 11.5. The van der Waals surface area contributed by atoms with E-state index in [1.54, 1.807) is 30.5 Å². The maximum Gasteiger partial charge on any atom is 0.491 e. The standard InChI is InChI=1S/C21H20BN5O4/c1-3-19(28)24-14-5-4-6-15(10-14)25-20-18(30-2)11-23-21(27-20)26-16-7-8-17-13(9-16)12-31-22(17)29/h3-11,29H,1,12H2,2H3,(H,24,28)(H2,23,25,26,27). The predicted octanol–water partition coefficient (Wildman–Crippen LogP) is 2.31. The Labute approximate surface area is 179 Å². The minimum Gasteiger partial charge on any atom is -0.491 e. The van der Waals surface area contributed by atoms with Crippen LogP contribution >= 0.6 is 0 Å². The number of methoxy groups -OCH3 is 1. The molecule has 10 heteroatoms. The topological polar surface area (TPSA) is 118 Å². The van der Waals surface area contributed by atoms with Crippen LogP contribution in [-0.4, -0.2) is 35.1 Å². The van der Waals surface area contributed by atoms with Crippen LogP contribution in [0.25, 0.3) is 0 Å². The van der Waals surface area contributed by atoms with Crippen molar-refractivity contribution in [3.05, 3.63) is 66.9 Å². The number of benzene rings is 2. The number of ether oxygens (including phenoxy) is 1. The van der Waals surface area contributed by atoms with Gasteiger partial charge in [-0.3, -0.25) is 4.79 Å². The molecule has 0 atom stereocenters. The summed E-state index contributed by atoms with van der Waals surface area (Å²) in [5.74, 6) is 0.970. The van der Waals surface area contributed by atoms with Crippen molar-refractivity contribution in [2.24, 2.45) is 0 Å². The molecular formula is C21H20BN5O4. The van der Waals surface area contributed by atoms with Gasteiger partial charge < -0.3 is 30.4 Å². The van der Waals surface area contributed by atoms with Crippen LogP contribution in [0.2, 0.25) is 0 Å². The molecule has 1 aliphatic rings. The first-order chi connectivity index (χ1) is 15.1. The largest absolute Gasteiger partial charge is 0.491 e. The Morgan fingerprint density at radius 1 is 1.23 bits per heavy atom. The van der Waals surface area contributed by atoms with E-state index in [9.17, 15) is 9.82 Å². The van der Waals surface area contributed by atoms with Crippen LogP contribution < -0.4 is 26.2 Å². The fourth-order valence-electron chi connectivity index (χ4n) is 3.11. The van der Waals surface area contributed by atoms with Crippen molar-refractivity contribution in [1.29, 1.82) is 0 Å². The van der Waals surface area contributed by atoms with Crippen molar-refractivity contribution in [1.82, 2.24) is 9.97 Å². The Bertz CT molecular complexity index is 1140. The van der Waals surface area contributed by atoms with Gasteiger partial charge in [-0.1, -0.05) is 18.7 Å². The highest BCUT2D eigenvalue weighted by molar-refractivity contribution is 6.61. The Morgan fingerprint density at radius 3 is 2.84 bits per heavy atom. The number of aromatic nitrogens is 2. The van der Waals surface area contributed by atoms with Gasteiger partial charge in [-0.25, -0.2) is 4.98 Å².